The molecule has 56 valence electrons. The number of aliphatic carboxylic acids is 1. The molecule has 1 N–H and O–H groups in total. The van der Waals surface area contributed by atoms with Crippen LogP contribution in [0.1, 0.15) is 25.7 Å². The second-order valence-corrected chi connectivity index (χ2v) is 2.96. The Balaban J connectivity index is 2.05. The van der Waals surface area contributed by atoms with E-state index >= 15 is 0 Å². The minimum atomic E-state index is -0.683. The molecule has 0 saturated heterocycles. The molecule has 0 aliphatic heterocycles. The standard InChI is InChI=1S/C8H12O2/c1-6-4-7(5-6)2-3-8(9)10/h7H,1-5H2,(H,9,10). The van der Waals surface area contributed by atoms with Gasteiger partial charge in [0.15, 0.2) is 0 Å². The number of hydrogen-bond donors (Lipinski definition) is 1. The van der Waals surface area contributed by atoms with Gasteiger partial charge in [0.2, 0.25) is 0 Å². The van der Waals surface area contributed by atoms with Crippen molar-refractivity contribution in [2.45, 2.75) is 25.7 Å². The number of carbonyl (C=O) groups is 1. The van der Waals surface area contributed by atoms with Gasteiger partial charge in [-0.25, -0.2) is 0 Å². The Hall–Kier alpha value is -0.790. The van der Waals surface area contributed by atoms with E-state index in [1.54, 1.807) is 0 Å². The maximum absolute atomic E-state index is 10.1. The molecule has 0 aromatic carbocycles. The number of hydrogen-bond acceptors (Lipinski definition) is 1. The van der Waals surface area contributed by atoms with Gasteiger partial charge in [-0.05, 0) is 25.2 Å². The molecule has 0 aromatic heterocycles. The third kappa shape index (κ3) is 1.87. The van der Waals surface area contributed by atoms with Crippen molar-refractivity contribution >= 4 is 5.97 Å². The lowest BCUT2D eigenvalue weighted by Crippen LogP contribution is -2.14. The summed E-state index contributed by atoms with van der Waals surface area (Å²) in [4.78, 5) is 10.1. The highest BCUT2D eigenvalue weighted by Gasteiger charge is 2.21. The van der Waals surface area contributed by atoms with Crippen LogP contribution in [-0.4, -0.2) is 11.1 Å². The predicted molar refractivity (Wildman–Crippen MR) is 38.7 cm³/mol. The molecular weight excluding hydrogens is 128 g/mol. The lowest BCUT2D eigenvalue weighted by Gasteiger charge is -2.27. The number of allylic oxidation sites excluding steroid dienone is 1. The van der Waals surface area contributed by atoms with E-state index < -0.39 is 5.97 Å². The van der Waals surface area contributed by atoms with Crippen LogP contribution in [0.25, 0.3) is 0 Å². The Labute approximate surface area is 60.6 Å². The van der Waals surface area contributed by atoms with Crippen molar-refractivity contribution in [2.24, 2.45) is 5.92 Å². The fourth-order valence-corrected chi connectivity index (χ4v) is 1.29. The summed E-state index contributed by atoms with van der Waals surface area (Å²) in [7, 11) is 0. The lowest BCUT2D eigenvalue weighted by molar-refractivity contribution is -0.137. The zero-order valence-corrected chi connectivity index (χ0v) is 5.97. The van der Waals surface area contributed by atoms with Crippen LogP contribution < -0.4 is 0 Å². The summed E-state index contributed by atoms with van der Waals surface area (Å²) in [6, 6.07) is 0. The highest BCUT2D eigenvalue weighted by Crippen LogP contribution is 2.34. The molecular formula is C8H12O2. The van der Waals surface area contributed by atoms with Crippen LogP contribution >= 0.6 is 0 Å². The van der Waals surface area contributed by atoms with Gasteiger partial charge in [-0.3, -0.25) is 4.79 Å². The van der Waals surface area contributed by atoms with Gasteiger partial charge < -0.3 is 5.11 Å². The normalized spacial score (nSPS) is 18.6. The number of rotatable bonds is 3. The average Bonchev–Trinajstić information content (AvgIpc) is 1.77. The van der Waals surface area contributed by atoms with Gasteiger partial charge in [0.25, 0.3) is 0 Å². The van der Waals surface area contributed by atoms with Gasteiger partial charge in [-0.15, -0.1) is 0 Å². The molecule has 0 unspecified atom stereocenters. The first kappa shape index (κ1) is 7.32. The van der Waals surface area contributed by atoms with Crippen LogP contribution in [0.3, 0.4) is 0 Å². The molecule has 0 atom stereocenters. The van der Waals surface area contributed by atoms with Gasteiger partial charge in [0.05, 0.1) is 0 Å². The fraction of sp³-hybridized carbons (Fsp3) is 0.625. The van der Waals surface area contributed by atoms with Crippen molar-refractivity contribution in [3.8, 4) is 0 Å². The van der Waals surface area contributed by atoms with E-state index in [2.05, 4.69) is 6.58 Å². The molecule has 1 aliphatic rings. The zero-order valence-electron chi connectivity index (χ0n) is 5.97. The summed E-state index contributed by atoms with van der Waals surface area (Å²) >= 11 is 0. The molecule has 0 heterocycles. The molecule has 0 amide bonds. The van der Waals surface area contributed by atoms with Gasteiger partial charge >= 0.3 is 5.97 Å². The Morgan fingerprint density at radius 3 is 2.70 bits per heavy atom. The van der Waals surface area contributed by atoms with E-state index in [9.17, 15) is 4.79 Å². The maximum Gasteiger partial charge on any atom is 0.303 e. The highest BCUT2D eigenvalue weighted by molar-refractivity contribution is 5.66. The van der Waals surface area contributed by atoms with Crippen LogP contribution in [0.2, 0.25) is 0 Å². The van der Waals surface area contributed by atoms with E-state index in [4.69, 9.17) is 5.11 Å². The molecule has 1 fully saturated rings. The smallest absolute Gasteiger partial charge is 0.303 e. The van der Waals surface area contributed by atoms with Gasteiger partial charge in [-0.1, -0.05) is 12.2 Å². The first-order valence-electron chi connectivity index (χ1n) is 3.57. The van der Waals surface area contributed by atoms with Crippen molar-refractivity contribution in [3.63, 3.8) is 0 Å². The Morgan fingerprint density at radius 2 is 2.30 bits per heavy atom. The predicted octanol–water partition coefficient (Wildman–Crippen LogP) is 1.82. The van der Waals surface area contributed by atoms with Gasteiger partial charge in [0, 0.05) is 6.42 Å². The molecule has 0 spiro atoms. The van der Waals surface area contributed by atoms with Gasteiger partial charge in [-0.2, -0.15) is 0 Å². The number of carboxylic acid groups (broad SMARTS) is 1. The quantitative estimate of drug-likeness (QED) is 0.607. The van der Waals surface area contributed by atoms with Crippen LogP contribution in [-0.2, 0) is 4.79 Å². The van der Waals surface area contributed by atoms with E-state index in [1.807, 2.05) is 0 Å². The summed E-state index contributed by atoms with van der Waals surface area (Å²) in [5, 5.41) is 8.33. The summed E-state index contributed by atoms with van der Waals surface area (Å²) in [5.74, 6) is -0.0684. The third-order valence-electron chi connectivity index (χ3n) is 1.92. The molecule has 10 heavy (non-hydrogen) atoms. The molecule has 1 rings (SSSR count). The van der Waals surface area contributed by atoms with Crippen molar-refractivity contribution < 1.29 is 9.90 Å². The monoisotopic (exact) mass is 140 g/mol. The second-order valence-electron chi connectivity index (χ2n) is 2.96. The minimum Gasteiger partial charge on any atom is -0.481 e. The first-order valence-corrected chi connectivity index (χ1v) is 3.57. The summed E-state index contributed by atoms with van der Waals surface area (Å²) < 4.78 is 0. The lowest BCUT2D eigenvalue weighted by atomic mass is 9.78. The highest BCUT2D eigenvalue weighted by atomic mass is 16.4. The van der Waals surface area contributed by atoms with E-state index in [0.29, 0.717) is 12.3 Å². The van der Waals surface area contributed by atoms with Crippen LogP contribution in [0, 0.1) is 5.92 Å². The molecule has 2 heteroatoms. The summed E-state index contributed by atoms with van der Waals surface area (Å²) in [6.07, 6.45) is 3.24. The van der Waals surface area contributed by atoms with E-state index in [-0.39, 0.29) is 0 Å². The molecule has 0 bridgehead atoms. The second kappa shape index (κ2) is 2.86. The largest absolute Gasteiger partial charge is 0.481 e. The van der Waals surface area contributed by atoms with Crippen LogP contribution in [0.4, 0.5) is 0 Å². The first-order chi connectivity index (χ1) is 4.68. The van der Waals surface area contributed by atoms with Crippen molar-refractivity contribution in [2.75, 3.05) is 0 Å². The third-order valence-corrected chi connectivity index (χ3v) is 1.92. The SMILES string of the molecule is C=C1CC(CCC(=O)O)C1. The number of carboxylic acids is 1. The van der Waals surface area contributed by atoms with E-state index in [1.165, 1.54) is 5.57 Å². The zero-order chi connectivity index (χ0) is 7.56. The minimum absolute atomic E-state index is 0.317. The molecule has 0 radical (unpaired) electrons. The maximum atomic E-state index is 10.1. The summed E-state index contributed by atoms with van der Waals surface area (Å²) in [6.45, 7) is 3.79. The molecule has 1 aliphatic carbocycles. The van der Waals surface area contributed by atoms with E-state index in [0.717, 1.165) is 19.3 Å². The molecule has 0 aromatic rings. The van der Waals surface area contributed by atoms with Crippen molar-refractivity contribution in [3.05, 3.63) is 12.2 Å². The van der Waals surface area contributed by atoms with Crippen molar-refractivity contribution in [1.29, 1.82) is 0 Å². The Bertz CT molecular complexity index is 153. The van der Waals surface area contributed by atoms with Crippen molar-refractivity contribution in [1.82, 2.24) is 0 Å². The fourth-order valence-electron chi connectivity index (χ4n) is 1.29. The molecule has 1 saturated carbocycles. The average molecular weight is 140 g/mol. The van der Waals surface area contributed by atoms with Crippen LogP contribution in [0.15, 0.2) is 12.2 Å². The summed E-state index contributed by atoms with van der Waals surface area (Å²) in [5.41, 5.74) is 1.27. The Morgan fingerprint density at radius 1 is 1.70 bits per heavy atom. The Kier molecular flexibility index (Phi) is 2.10. The van der Waals surface area contributed by atoms with Gasteiger partial charge in [0.1, 0.15) is 0 Å². The van der Waals surface area contributed by atoms with Crippen LogP contribution in [0.5, 0.6) is 0 Å². The topological polar surface area (TPSA) is 37.3 Å². The molecule has 2 nitrogen and oxygen atoms in total.